The van der Waals surface area contributed by atoms with Gasteiger partial charge in [-0.15, -0.1) is 0 Å². The van der Waals surface area contributed by atoms with E-state index in [1.54, 1.807) is 0 Å². The monoisotopic (exact) mass is 286 g/mol. The zero-order valence-corrected chi connectivity index (χ0v) is 9.87. The van der Waals surface area contributed by atoms with Crippen LogP contribution in [0.4, 0.5) is 0 Å². The van der Waals surface area contributed by atoms with E-state index in [0.29, 0.717) is 0 Å². The van der Waals surface area contributed by atoms with Crippen LogP contribution in [0.3, 0.4) is 0 Å². The molecule has 0 bridgehead atoms. The molecule has 0 atom stereocenters. The number of benzene rings is 1. The molecule has 0 unspecified atom stereocenters. The molecular weight excluding hydrogens is 275 g/mol. The minimum Gasteiger partial charge on any atom is -0.258 e. The molecule has 3 heteroatoms. The van der Waals surface area contributed by atoms with E-state index in [0.717, 1.165) is 12.1 Å². The van der Waals surface area contributed by atoms with Gasteiger partial charge in [0.25, 0.3) is 0 Å². The molecule has 0 aliphatic carbocycles. The molecule has 1 aromatic carbocycles. The summed E-state index contributed by atoms with van der Waals surface area (Å²) in [6.45, 7) is 5.16. The van der Waals surface area contributed by atoms with Crippen molar-refractivity contribution in [2.45, 2.75) is 20.4 Å². The van der Waals surface area contributed by atoms with E-state index >= 15 is 0 Å². The summed E-state index contributed by atoms with van der Waals surface area (Å²) in [6.07, 6.45) is 0. The highest BCUT2D eigenvalue weighted by molar-refractivity contribution is 14.1. The second-order valence-corrected chi connectivity index (χ2v) is 4.15. The fourth-order valence-electron chi connectivity index (χ4n) is 1.42. The zero-order valence-electron chi connectivity index (χ0n) is 7.71. The van der Waals surface area contributed by atoms with Gasteiger partial charge in [0.2, 0.25) is 0 Å². The van der Waals surface area contributed by atoms with Crippen molar-refractivity contribution in [2.24, 2.45) is 0 Å². The first-order valence-corrected chi connectivity index (χ1v) is 5.43. The third-order valence-corrected chi connectivity index (χ3v) is 3.27. The fraction of sp³-hybridized carbons (Fsp3) is 0.300. The molecular formula is C10H11IN2. The highest BCUT2D eigenvalue weighted by Crippen LogP contribution is 2.21. The summed E-state index contributed by atoms with van der Waals surface area (Å²) in [7, 11) is 0. The molecule has 0 fully saturated rings. The molecule has 2 nitrogen and oxygen atoms in total. The maximum atomic E-state index is 4.48. The number of rotatable bonds is 1. The van der Waals surface area contributed by atoms with Crippen molar-refractivity contribution in [3.05, 3.63) is 27.5 Å². The Morgan fingerprint density at radius 1 is 1.46 bits per heavy atom. The van der Waals surface area contributed by atoms with Gasteiger partial charge in [-0.2, -0.15) is 5.10 Å². The highest BCUT2D eigenvalue weighted by atomic mass is 127. The van der Waals surface area contributed by atoms with E-state index < -0.39 is 0 Å². The lowest BCUT2D eigenvalue weighted by molar-refractivity contribution is 0.652. The Balaban J connectivity index is 2.77. The smallest absolute Gasteiger partial charge is 0.107 e. The Labute approximate surface area is 91.1 Å². The highest BCUT2D eigenvalue weighted by Gasteiger charge is 2.06. The van der Waals surface area contributed by atoms with Gasteiger partial charge in [0, 0.05) is 11.9 Å². The average Bonchev–Trinajstić information content (AvgIpc) is 2.44. The fourth-order valence-corrected chi connectivity index (χ4v) is 2.31. The molecule has 0 aliphatic rings. The van der Waals surface area contributed by atoms with Crippen LogP contribution in [0.25, 0.3) is 10.9 Å². The normalized spacial score (nSPS) is 11.0. The van der Waals surface area contributed by atoms with Gasteiger partial charge in [-0.05, 0) is 48.6 Å². The van der Waals surface area contributed by atoms with Crippen LogP contribution in [-0.2, 0) is 6.54 Å². The van der Waals surface area contributed by atoms with Crippen molar-refractivity contribution >= 4 is 33.5 Å². The standard InChI is InChI=1S/C10H11IN2/c1-3-13-10(11)8-6-7(2)4-5-9(8)12-13/h4-6H,3H2,1-2H3. The van der Waals surface area contributed by atoms with Crippen molar-refractivity contribution in [3.8, 4) is 0 Å². The quantitative estimate of drug-likeness (QED) is 0.737. The Morgan fingerprint density at radius 3 is 2.92 bits per heavy atom. The zero-order chi connectivity index (χ0) is 9.42. The summed E-state index contributed by atoms with van der Waals surface area (Å²) in [5.41, 5.74) is 2.39. The third kappa shape index (κ3) is 1.45. The maximum Gasteiger partial charge on any atom is 0.107 e. The largest absolute Gasteiger partial charge is 0.258 e. The predicted octanol–water partition coefficient (Wildman–Crippen LogP) is 2.97. The maximum absolute atomic E-state index is 4.48. The van der Waals surface area contributed by atoms with Crippen molar-refractivity contribution < 1.29 is 0 Å². The summed E-state index contributed by atoms with van der Waals surface area (Å²) < 4.78 is 3.27. The summed E-state index contributed by atoms with van der Waals surface area (Å²) >= 11 is 2.35. The van der Waals surface area contributed by atoms with Gasteiger partial charge in [-0.3, -0.25) is 4.68 Å². The van der Waals surface area contributed by atoms with Crippen LogP contribution in [-0.4, -0.2) is 9.78 Å². The molecule has 0 N–H and O–H groups in total. The SMILES string of the molecule is CCn1nc2ccc(C)cc2c1I. The average molecular weight is 286 g/mol. The molecule has 0 aliphatic heterocycles. The van der Waals surface area contributed by atoms with Crippen LogP contribution in [0, 0.1) is 10.6 Å². The molecule has 1 aromatic heterocycles. The topological polar surface area (TPSA) is 17.8 Å². The van der Waals surface area contributed by atoms with E-state index in [9.17, 15) is 0 Å². The second-order valence-electron chi connectivity index (χ2n) is 3.13. The molecule has 68 valence electrons. The minimum absolute atomic E-state index is 0.937. The first-order chi connectivity index (χ1) is 6.22. The molecule has 0 amide bonds. The van der Waals surface area contributed by atoms with Crippen LogP contribution in [0.2, 0.25) is 0 Å². The summed E-state index contributed by atoms with van der Waals surface area (Å²) in [4.78, 5) is 0. The van der Waals surface area contributed by atoms with E-state index in [1.807, 2.05) is 4.68 Å². The Morgan fingerprint density at radius 2 is 2.23 bits per heavy atom. The number of fused-ring (bicyclic) bond motifs is 1. The number of halogens is 1. The number of hydrogen-bond donors (Lipinski definition) is 0. The number of aromatic nitrogens is 2. The van der Waals surface area contributed by atoms with Crippen molar-refractivity contribution in [1.29, 1.82) is 0 Å². The lowest BCUT2D eigenvalue weighted by Crippen LogP contribution is -1.97. The van der Waals surface area contributed by atoms with Gasteiger partial charge >= 0.3 is 0 Å². The molecule has 2 aromatic rings. The Hall–Kier alpha value is -0.580. The van der Waals surface area contributed by atoms with Gasteiger partial charge < -0.3 is 0 Å². The predicted molar refractivity (Wildman–Crippen MR) is 62.9 cm³/mol. The van der Waals surface area contributed by atoms with E-state index in [1.165, 1.54) is 14.7 Å². The lowest BCUT2D eigenvalue weighted by atomic mass is 10.2. The summed E-state index contributed by atoms with van der Waals surface area (Å²) in [5.74, 6) is 0. The molecule has 0 saturated carbocycles. The number of nitrogens with zero attached hydrogens (tertiary/aromatic N) is 2. The van der Waals surface area contributed by atoms with Gasteiger partial charge in [0.1, 0.15) is 3.70 Å². The van der Waals surface area contributed by atoms with E-state index in [-0.39, 0.29) is 0 Å². The van der Waals surface area contributed by atoms with Crippen LogP contribution in [0.15, 0.2) is 18.2 Å². The van der Waals surface area contributed by atoms with Crippen LogP contribution >= 0.6 is 22.6 Å². The lowest BCUT2D eigenvalue weighted by Gasteiger charge is -1.95. The second kappa shape index (κ2) is 3.29. The van der Waals surface area contributed by atoms with Crippen molar-refractivity contribution in [2.75, 3.05) is 0 Å². The third-order valence-electron chi connectivity index (χ3n) is 2.13. The molecule has 0 spiro atoms. The molecule has 1 heterocycles. The van der Waals surface area contributed by atoms with Gasteiger partial charge in [-0.25, -0.2) is 0 Å². The molecule has 0 saturated heterocycles. The number of hydrogen-bond acceptors (Lipinski definition) is 1. The first kappa shape index (κ1) is 8.99. The van der Waals surface area contributed by atoms with Crippen LogP contribution < -0.4 is 0 Å². The Kier molecular flexibility index (Phi) is 2.27. The van der Waals surface area contributed by atoms with E-state index in [2.05, 4.69) is 59.7 Å². The molecule has 0 radical (unpaired) electrons. The number of aryl methyl sites for hydroxylation is 2. The van der Waals surface area contributed by atoms with Crippen molar-refractivity contribution in [1.82, 2.24) is 9.78 Å². The van der Waals surface area contributed by atoms with Crippen molar-refractivity contribution in [3.63, 3.8) is 0 Å². The minimum atomic E-state index is 0.937. The Bertz CT molecular complexity index is 445. The molecule has 13 heavy (non-hydrogen) atoms. The first-order valence-electron chi connectivity index (χ1n) is 4.35. The van der Waals surface area contributed by atoms with Crippen LogP contribution in [0.5, 0.6) is 0 Å². The van der Waals surface area contributed by atoms with Crippen LogP contribution in [0.1, 0.15) is 12.5 Å². The molecule has 2 rings (SSSR count). The van der Waals surface area contributed by atoms with Gasteiger partial charge in [-0.1, -0.05) is 11.6 Å². The van der Waals surface area contributed by atoms with Gasteiger partial charge in [0.15, 0.2) is 0 Å². The van der Waals surface area contributed by atoms with Gasteiger partial charge in [0.05, 0.1) is 5.52 Å². The van der Waals surface area contributed by atoms with E-state index in [4.69, 9.17) is 0 Å². The summed E-state index contributed by atoms with van der Waals surface area (Å²) in [5, 5.41) is 5.75. The summed E-state index contributed by atoms with van der Waals surface area (Å²) in [6, 6.07) is 6.38.